The van der Waals surface area contributed by atoms with Gasteiger partial charge < -0.3 is 10.4 Å². The van der Waals surface area contributed by atoms with Gasteiger partial charge in [-0.15, -0.1) is 0 Å². The normalized spacial score (nSPS) is 11.7. The summed E-state index contributed by atoms with van der Waals surface area (Å²) in [4.78, 5) is -0.277. The minimum atomic E-state index is -4.35. The first kappa shape index (κ1) is 12.7. The second-order valence-electron chi connectivity index (χ2n) is 4.01. The van der Waals surface area contributed by atoms with Gasteiger partial charge in [-0.25, -0.2) is 0 Å². The molecule has 0 aromatic heterocycles. The van der Waals surface area contributed by atoms with Crippen LogP contribution in [0.15, 0.2) is 29.2 Å². The highest BCUT2D eigenvalue weighted by atomic mass is 32.2. The first-order valence-electron chi connectivity index (χ1n) is 5.26. The van der Waals surface area contributed by atoms with Crippen molar-refractivity contribution in [3.63, 3.8) is 0 Å². The van der Waals surface area contributed by atoms with E-state index in [1.807, 2.05) is 0 Å². The Labute approximate surface area is 105 Å². The number of nitrogens with one attached hydrogen (secondary N) is 1. The molecule has 0 saturated carbocycles. The lowest BCUT2D eigenvalue weighted by Gasteiger charge is -2.10. The average Bonchev–Trinajstić information content (AvgIpc) is 2.31. The van der Waals surface area contributed by atoms with E-state index in [1.165, 1.54) is 13.0 Å². The maximum absolute atomic E-state index is 11.2. The number of phenols is 1. The van der Waals surface area contributed by atoms with Gasteiger partial charge in [-0.2, -0.15) is 8.42 Å². The van der Waals surface area contributed by atoms with E-state index >= 15 is 0 Å². The predicted octanol–water partition coefficient (Wildman–Crippen LogP) is 2.14. The van der Waals surface area contributed by atoms with Crippen molar-refractivity contribution < 1.29 is 18.1 Å². The van der Waals surface area contributed by atoms with Gasteiger partial charge in [0.25, 0.3) is 10.1 Å². The van der Waals surface area contributed by atoms with Crippen molar-refractivity contribution in [1.29, 1.82) is 0 Å². The summed E-state index contributed by atoms with van der Waals surface area (Å²) in [5.74, 6) is -0.136. The van der Waals surface area contributed by atoms with Crippen LogP contribution >= 0.6 is 0 Å². The lowest BCUT2D eigenvalue weighted by atomic mass is 10.1. The summed E-state index contributed by atoms with van der Waals surface area (Å²) in [6, 6.07) is 6.51. The predicted molar refractivity (Wildman–Crippen MR) is 69.7 cm³/mol. The highest BCUT2D eigenvalue weighted by molar-refractivity contribution is 7.85. The van der Waals surface area contributed by atoms with Crippen molar-refractivity contribution in [1.82, 2.24) is 0 Å². The minimum absolute atomic E-state index is 0.136. The molecule has 0 aliphatic carbocycles. The molecule has 6 heteroatoms. The average molecular weight is 267 g/mol. The van der Waals surface area contributed by atoms with Crippen molar-refractivity contribution >= 4 is 26.6 Å². The summed E-state index contributed by atoms with van der Waals surface area (Å²) in [5.41, 5.74) is 0.925. The molecule has 0 heterocycles. The molecule has 2 aromatic carbocycles. The molecule has 3 N–H and O–H groups in total. The maximum atomic E-state index is 11.2. The highest BCUT2D eigenvalue weighted by Gasteiger charge is 2.18. The summed E-state index contributed by atoms with van der Waals surface area (Å²) in [7, 11) is -2.61. The number of hydrogen-bond acceptors (Lipinski definition) is 4. The summed E-state index contributed by atoms with van der Waals surface area (Å²) >= 11 is 0. The monoisotopic (exact) mass is 267 g/mol. The number of hydrogen-bond donors (Lipinski definition) is 3. The number of fused-ring (bicyclic) bond motifs is 1. The van der Waals surface area contributed by atoms with Gasteiger partial charge in [0.2, 0.25) is 0 Å². The Morgan fingerprint density at radius 2 is 1.89 bits per heavy atom. The second kappa shape index (κ2) is 4.15. The molecule has 0 bridgehead atoms. The van der Waals surface area contributed by atoms with Crippen LogP contribution in [0.5, 0.6) is 5.75 Å². The molecule has 0 saturated heterocycles. The van der Waals surface area contributed by atoms with Gasteiger partial charge in [-0.05, 0) is 36.6 Å². The Bertz CT molecular complexity index is 722. The Morgan fingerprint density at radius 3 is 2.44 bits per heavy atom. The van der Waals surface area contributed by atoms with E-state index in [9.17, 15) is 13.5 Å². The molecule has 0 spiro atoms. The SMILES string of the molecule is CNc1ccc2c(O)c(C)c(S(=O)(=O)O)cc2c1. The molecule has 18 heavy (non-hydrogen) atoms. The van der Waals surface area contributed by atoms with Crippen LogP contribution in [0, 0.1) is 6.92 Å². The standard InChI is InChI=1S/C12H13NO4S/c1-7-11(18(15,16)17)6-8-5-9(13-2)3-4-10(8)12(7)14/h3-6,13-14H,1-2H3,(H,15,16,17). The zero-order valence-electron chi connectivity index (χ0n) is 9.93. The summed E-state index contributed by atoms with van der Waals surface area (Å²) < 4.78 is 31.6. The van der Waals surface area contributed by atoms with Crippen LogP contribution in [0.25, 0.3) is 10.8 Å². The Balaban J connectivity index is 2.88. The molecule has 2 rings (SSSR count). The van der Waals surface area contributed by atoms with Crippen molar-refractivity contribution in [2.24, 2.45) is 0 Å². The summed E-state index contributed by atoms with van der Waals surface area (Å²) in [6.45, 7) is 1.45. The molecule has 0 radical (unpaired) electrons. The molecular weight excluding hydrogens is 254 g/mol. The third kappa shape index (κ3) is 2.00. The molecule has 0 fully saturated rings. The fourth-order valence-electron chi connectivity index (χ4n) is 1.89. The van der Waals surface area contributed by atoms with Crippen molar-refractivity contribution in [2.75, 3.05) is 12.4 Å². The molecule has 96 valence electrons. The first-order chi connectivity index (χ1) is 8.34. The van der Waals surface area contributed by atoms with E-state index in [0.717, 1.165) is 5.69 Å². The van der Waals surface area contributed by atoms with Crippen LogP contribution in [0.3, 0.4) is 0 Å². The van der Waals surface area contributed by atoms with E-state index in [2.05, 4.69) is 5.32 Å². The second-order valence-corrected chi connectivity index (χ2v) is 5.40. The smallest absolute Gasteiger partial charge is 0.294 e. The van der Waals surface area contributed by atoms with Gasteiger partial charge in [-0.3, -0.25) is 4.55 Å². The molecule has 0 aliphatic rings. The fourth-order valence-corrected chi connectivity index (χ4v) is 2.65. The van der Waals surface area contributed by atoms with Crippen LogP contribution in [0.1, 0.15) is 5.56 Å². The lowest BCUT2D eigenvalue weighted by Crippen LogP contribution is -2.01. The highest BCUT2D eigenvalue weighted by Crippen LogP contribution is 2.34. The Kier molecular flexibility index (Phi) is 2.92. The lowest BCUT2D eigenvalue weighted by molar-refractivity contribution is 0.466. The quantitative estimate of drug-likeness (QED) is 0.726. The van der Waals surface area contributed by atoms with Gasteiger partial charge in [0.1, 0.15) is 10.6 Å². The van der Waals surface area contributed by atoms with E-state index in [4.69, 9.17) is 4.55 Å². The Morgan fingerprint density at radius 1 is 1.22 bits per heavy atom. The van der Waals surface area contributed by atoms with Crippen molar-refractivity contribution in [3.8, 4) is 5.75 Å². The van der Waals surface area contributed by atoms with Crippen LogP contribution in [-0.4, -0.2) is 25.1 Å². The molecule has 2 aromatic rings. The molecular formula is C12H13NO4S. The fraction of sp³-hybridized carbons (Fsp3) is 0.167. The van der Waals surface area contributed by atoms with Crippen LogP contribution in [-0.2, 0) is 10.1 Å². The van der Waals surface area contributed by atoms with E-state index in [1.54, 1.807) is 25.2 Å². The van der Waals surface area contributed by atoms with E-state index in [0.29, 0.717) is 10.8 Å². The number of aromatic hydroxyl groups is 1. The number of rotatable bonds is 2. The van der Waals surface area contributed by atoms with Crippen molar-refractivity contribution in [2.45, 2.75) is 11.8 Å². The molecule has 0 amide bonds. The number of anilines is 1. The first-order valence-corrected chi connectivity index (χ1v) is 6.70. The molecule has 0 aliphatic heterocycles. The zero-order chi connectivity index (χ0) is 13.5. The van der Waals surface area contributed by atoms with Crippen LogP contribution in [0.4, 0.5) is 5.69 Å². The van der Waals surface area contributed by atoms with Gasteiger partial charge in [0, 0.05) is 23.7 Å². The minimum Gasteiger partial charge on any atom is -0.507 e. The summed E-state index contributed by atoms with van der Waals surface area (Å²) in [6.07, 6.45) is 0. The van der Waals surface area contributed by atoms with Gasteiger partial charge in [0.05, 0.1) is 0 Å². The van der Waals surface area contributed by atoms with E-state index < -0.39 is 10.1 Å². The largest absolute Gasteiger partial charge is 0.507 e. The maximum Gasteiger partial charge on any atom is 0.294 e. The van der Waals surface area contributed by atoms with E-state index in [-0.39, 0.29) is 16.2 Å². The molecule has 5 nitrogen and oxygen atoms in total. The topological polar surface area (TPSA) is 86.6 Å². The number of benzene rings is 2. The summed E-state index contributed by atoms with van der Waals surface area (Å²) in [5, 5.41) is 14.0. The van der Waals surface area contributed by atoms with Crippen molar-refractivity contribution in [3.05, 3.63) is 29.8 Å². The zero-order valence-corrected chi connectivity index (χ0v) is 10.7. The molecule has 0 unspecified atom stereocenters. The third-order valence-electron chi connectivity index (χ3n) is 2.88. The number of phenolic OH excluding ortho intramolecular Hbond substituents is 1. The van der Waals surface area contributed by atoms with Crippen LogP contribution in [0.2, 0.25) is 0 Å². The third-order valence-corrected chi connectivity index (χ3v) is 3.86. The van der Waals surface area contributed by atoms with Gasteiger partial charge >= 0.3 is 0 Å². The van der Waals surface area contributed by atoms with Crippen LogP contribution < -0.4 is 5.32 Å². The van der Waals surface area contributed by atoms with Gasteiger partial charge in [0.15, 0.2) is 0 Å². The Hall–Kier alpha value is -1.79. The molecule has 0 atom stereocenters. The van der Waals surface area contributed by atoms with Gasteiger partial charge in [-0.1, -0.05) is 0 Å².